The molecule has 0 aromatic heterocycles. The van der Waals surface area contributed by atoms with E-state index in [1.807, 2.05) is 0 Å². The number of carbonyl (C=O) groups excluding carboxylic acids is 1. The molecule has 23 heavy (non-hydrogen) atoms. The van der Waals surface area contributed by atoms with E-state index in [0.717, 1.165) is 6.42 Å². The molecule has 1 saturated heterocycles. The number of fused-ring (bicyclic) bond motifs is 1. The number of nitro groups is 1. The lowest BCUT2D eigenvalue weighted by molar-refractivity contribution is -0.385. The summed E-state index contributed by atoms with van der Waals surface area (Å²) in [4.78, 5) is 22.9. The van der Waals surface area contributed by atoms with Gasteiger partial charge in [-0.05, 0) is 31.6 Å². The zero-order valence-electron chi connectivity index (χ0n) is 13.2. The number of hydrogen-bond acceptors (Lipinski definition) is 4. The third-order valence-electron chi connectivity index (χ3n) is 5.06. The highest BCUT2D eigenvalue weighted by Gasteiger charge is 2.37. The van der Waals surface area contributed by atoms with Crippen LogP contribution in [0.5, 0.6) is 0 Å². The number of para-hydroxylation sites is 1. The minimum absolute atomic E-state index is 0.0259. The maximum absolute atomic E-state index is 12.3. The lowest BCUT2D eigenvalue weighted by atomic mass is 9.85. The lowest BCUT2D eigenvalue weighted by Crippen LogP contribution is -2.43. The van der Waals surface area contributed by atoms with Gasteiger partial charge in [-0.2, -0.15) is 0 Å². The Bertz CT molecular complexity index is 576. The molecule has 1 amide bonds. The van der Waals surface area contributed by atoms with Crippen LogP contribution in [0, 0.1) is 16.0 Å². The lowest BCUT2D eigenvalue weighted by Gasteiger charge is -2.24. The van der Waals surface area contributed by atoms with Crippen LogP contribution in [0.3, 0.4) is 0 Å². The van der Waals surface area contributed by atoms with Crippen molar-refractivity contribution < 1.29 is 9.72 Å². The second-order valence-corrected chi connectivity index (χ2v) is 6.53. The topological polar surface area (TPSA) is 84.3 Å². The summed E-state index contributed by atoms with van der Waals surface area (Å²) in [5.74, 6) is 0.660. The van der Waals surface area contributed by atoms with Crippen molar-refractivity contribution in [2.24, 2.45) is 5.92 Å². The molecule has 1 aliphatic carbocycles. The molecule has 6 heteroatoms. The fourth-order valence-corrected chi connectivity index (χ4v) is 3.87. The Kier molecular flexibility index (Phi) is 4.91. The van der Waals surface area contributed by atoms with E-state index in [4.69, 9.17) is 0 Å². The molecule has 2 fully saturated rings. The van der Waals surface area contributed by atoms with Crippen molar-refractivity contribution >= 4 is 11.6 Å². The summed E-state index contributed by atoms with van der Waals surface area (Å²) in [6.45, 7) is 0.428. The number of amides is 1. The highest BCUT2D eigenvalue weighted by Crippen LogP contribution is 2.33. The first-order valence-corrected chi connectivity index (χ1v) is 8.41. The third-order valence-corrected chi connectivity index (χ3v) is 5.06. The van der Waals surface area contributed by atoms with E-state index in [-0.39, 0.29) is 22.6 Å². The van der Waals surface area contributed by atoms with Crippen molar-refractivity contribution in [3.63, 3.8) is 0 Å². The van der Waals surface area contributed by atoms with Crippen LogP contribution in [0.15, 0.2) is 24.3 Å². The van der Waals surface area contributed by atoms with E-state index in [2.05, 4.69) is 10.6 Å². The van der Waals surface area contributed by atoms with Crippen LogP contribution in [0.25, 0.3) is 0 Å². The summed E-state index contributed by atoms with van der Waals surface area (Å²) in [5, 5.41) is 17.4. The highest BCUT2D eigenvalue weighted by molar-refractivity contribution is 5.82. The molecule has 1 heterocycles. The van der Waals surface area contributed by atoms with Gasteiger partial charge in [0.15, 0.2) is 0 Å². The molecule has 2 aliphatic rings. The Morgan fingerprint density at radius 1 is 1.30 bits per heavy atom. The van der Waals surface area contributed by atoms with Crippen LogP contribution < -0.4 is 10.6 Å². The van der Waals surface area contributed by atoms with E-state index in [1.165, 1.54) is 31.7 Å². The number of rotatable bonds is 5. The number of hydrogen-bond donors (Lipinski definition) is 2. The summed E-state index contributed by atoms with van der Waals surface area (Å²) in [5.41, 5.74) is 0.776. The Labute approximate surface area is 135 Å². The smallest absolute Gasteiger partial charge is 0.272 e. The van der Waals surface area contributed by atoms with Gasteiger partial charge in [-0.15, -0.1) is 0 Å². The van der Waals surface area contributed by atoms with E-state index in [9.17, 15) is 14.9 Å². The Morgan fingerprint density at radius 2 is 2.09 bits per heavy atom. The Hall–Kier alpha value is -1.95. The molecule has 1 aromatic rings. The van der Waals surface area contributed by atoms with Gasteiger partial charge in [0.05, 0.1) is 11.0 Å². The predicted octanol–water partition coefficient (Wildman–Crippen LogP) is 2.17. The number of nitro benzene ring substituents is 1. The standard InChI is InChI=1S/C17H23N3O3/c21-17(15-11-13-6-1-3-7-14(13)19-15)18-10-9-12-5-2-4-8-16(12)20(22)23/h2,4-5,8,13-15,19H,1,3,6-7,9-11H2,(H,18,21). The summed E-state index contributed by atoms with van der Waals surface area (Å²) in [7, 11) is 0. The molecule has 1 saturated carbocycles. The largest absolute Gasteiger partial charge is 0.354 e. The fraction of sp³-hybridized carbons (Fsp3) is 0.588. The average molecular weight is 317 g/mol. The minimum Gasteiger partial charge on any atom is -0.354 e. The zero-order chi connectivity index (χ0) is 16.2. The SMILES string of the molecule is O=C(NCCc1ccccc1[N+](=O)[O-])C1CC2CCCCC2N1. The number of carbonyl (C=O) groups is 1. The molecule has 6 nitrogen and oxygen atoms in total. The molecule has 3 unspecified atom stereocenters. The van der Waals surface area contributed by atoms with Crippen LogP contribution in [0.4, 0.5) is 5.69 Å². The van der Waals surface area contributed by atoms with Gasteiger partial charge in [0.1, 0.15) is 0 Å². The van der Waals surface area contributed by atoms with E-state index in [1.54, 1.807) is 18.2 Å². The normalized spacial score (nSPS) is 26.5. The van der Waals surface area contributed by atoms with Crippen LogP contribution in [-0.4, -0.2) is 29.5 Å². The first kappa shape index (κ1) is 15.9. The maximum atomic E-state index is 12.3. The van der Waals surface area contributed by atoms with Gasteiger partial charge in [0.25, 0.3) is 5.69 Å². The summed E-state index contributed by atoms with van der Waals surface area (Å²) in [6.07, 6.45) is 6.31. The van der Waals surface area contributed by atoms with Crippen LogP contribution >= 0.6 is 0 Å². The van der Waals surface area contributed by atoms with Gasteiger partial charge in [-0.3, -0.25) is 14.9 Å². The molecule has 0 spiro atoms. The van der Waals surface area contributed by atoms with E-state index < -0.39 is 0 Å². The fourth-order valence-electron chi connectivity index (χ4n) is 3.87. The molecule has 124 valence electrons. The first-order chi connectivity index (χ1) is 11.1. The second-order valence-electron chi connectivity index (χ2n) is 6.53. The summed E-state index contributed by atoms with van der Waals surface area (Å²) >= 11 is 0. The van der Waals surface area contributed by atoms with Crippen molar-refractivity contribution in [1.82, 2.24) is 10.6 Å². The van der Waals surface area contributed by atoms with Gasteiger partial charge in [0.2, 0.25) is 5.91 Å². The Morgan fingerprint density at radius 3 is 2.87 bits per heavy atom. The average Bonchev–Trinajstić information content (AvgIpc) is 2.99. The number of nitrogens with zero attached hydrogens (tertiary/aromatic N) is 1. The van der Waals surface area contributed by atoms with Crippen LogP contribution in [0.1, 0.15) is 37.7 Å². The number of nitrogens with one attached hydrogen (secondary N) is 2. The van der Waals surface area contributed by atoms with Crippen LogP contribution in [0.2, 0.25) is 0 Å². The highest BCUT2D eigenvalue weighted by atomic mass is 16.6. The van der Waals surface area contributed by atoms with Gasteiger partial charge in [-0.25, -0.2) is 0 Å². The maximum Gasteiger partial charge on any atom is 0.272 e. The molecular formula is C17H23N3O3. The minimum atomic E-state index is -0.375. The summed E-state index contributed by atoms with van der Waals surface area (Å²) < 4.78 is 0. The molecule has 1 aromatic carbocycles. The number of benzene rings is 1. The van der Waals surface area contributed by atoms with Gasteiger partial charge in [-0.1, -0.05) is 31.0 Å². The Balaban J connectivity index is 1.49. The molecule has 2 N–H and O–H groups in total. The van der Waals surface area contributed by atoms with Crippen molar-refractivity contribution in [1.29, 1.82) is 0 Å². The third kappa shape index (κ3) is 3.69. The van der Waals surface area contributed by atoms with Crippen molar-refractivity contribution in [3.8, 4) is 0 Å². The van der Waals surface area contributed by atoms with Gasteiger partial charge in [0, 0.05) is 24.2 Å². The van der Waals surface area contributed by atoms with Gasteiger partial charge < -0.3 is 10.6 Å². The molecule has 3 rings (SSSR count). The quantitative estimate of drug-likeness (QED) is 0.644. The molecule has 3 atom stereocenters. The van der Waals surface area contributed by atoms with Crippen molar-refractivity contribution in [2.45, 2.75) is 50.6 Å². The van der Waals surface area contributed by atoms with Crippen molar-refractivity contribution in [2.75, 3.05) is 6.54 Å². The zero-order valence-corrected chi connectivity index (χ0v) is 13.2. The van der Waals surface area contributed by atoms with E-state index >= 15 is 0 Å². The second kappa shape index (κ2) is 7.08. The van der Waals surface area contributed by atoms with Crippen molar-refractivity contribution in [3.05, 3.63) is 39.9 Å². The monoisotopic (exact) mass is 317 g/mol. The molecule has 0 bridgehead atoms. The first-order valence-electron chi connectivity index (χ1n) is 8.41. The molecule has 1 aliphatic heterocycles. The summed E-state index contributed by atoms with van der Waals surface area (Å²) in [6, 6.07) is 7.08. The van der Waals surface area contributed by atoms with Gasteiger partial charge >= 0.3 is 0 Å². The molecular weight excluding hydrogens is 294 g/mol. The van der Waals surface area contributed by atoms with Crippen LogP contribution in [-0.2, 0) is 11.2 Å². The molecule has 0 radical (unpaired) electrons. The predicted molar refractivity (Wildman–Crippen MR) is 87.1 cm³/mol. The van der Waals surface area contributed by atoms with E-state index in [0.29, 0.717) is 30.5 Å².